The van der Waals surface area contributed by atoms with E-state index in [1.165, 1.54) is 0 Å². The number of nitrogens with one attached hydrogen (secondary N) is 3. The van der Waals surface area contributed by atoms with E-state index in [-0.39, 0.29) is 62.1 Å². The number of para-hydroxylation sites is 1. The second-order valence-corrected chi connectivity index (χ2v) is 12.4. The molecule has 0 radical (unpaired) electrons. The van der Waals surface area contributed by atoms with Crippen molar-refractivity contribution < 1.29 is 28.7 Å². The summed E-state index contributed by atoms with van der Waals surface area (Å²) in [7, 11) is 1.72. The summed E-state index contributed by atoms with van der Waals surface area (Å²) in [4.78, 5) is 55.4. The second-order valence-electron chi connectivity index (χ2n) is 12.0. The molecule has 44 heavy (non-hydrogen) atoms. The lowest BCUT2D eigenvalue weighted by Crippen LogP contribution is -2.54. The molecule has 0 saturated heterocycles. The SMILES string of the molecule is CC(C)C[C@@H]1COc2ccccc2C(=O)N[C@H](C(=O)NCCOCc2ccccc2Cl)CC(=O)N[C@@H](CC(C)C)C(=O)N1C. The molecule has 2 aromatic rings. The van der Waals surface area contributed by atoms with E-state index in [0.717, 1.165) is 5.56 Å². The van der Waals surface area contributed by atoms with Crippen molar-refractivity contribution >= 4 is 35.2 Å². The minimum absolute atomic E-state index is 0.118. The third kappa shape index (κ3) is 10.5. The number of carbonyl (C=O) groups excluding carboxylic acids is 4. The van der Waals surface area contributed by atoms with Gasteiger partial charge < -0.3 is 30.3 Å². The molecule has 3 rings (SSSR count). The van der Waals surface area contributed by atoms with E-state index in [9.17, 15) is 19.2 Å². The summed E-state index contributed by atoms with van der Waals surface area (Å²) in [6.07, 6.45) is 0.727. The number of amides is 4. The second kappa shape index (κ2) is 17.0. The van der Waals surface area contributed by atoms with Gasteiger partial charge in [-0.1, -0.05) is 69.6 Å². The molecule has 0 bridgehead atoms. The maximum absolute atomic E-state index is 13.7. The highest BCUT2D eigenvalue weighted by Crippen LogP contribution is 2.22. The molecule has 240 valence electrons. The Balaban J connectivity index is 1.81. The van der Waals surface area contributed by atoms with Crippen LogP contribution in [0.25, 0.3) is 0 Å². The number of nitrogens with zero attached hydrogens (tertiary/aromatic N) is 1. The molecule has 0 aromatic heterocycles. The Morgan fingerprint density at radius 2 is 1.70 bits per heavy atom. The van der Waals surface area contributed by atoms with Gasteiger partial charge in [0.15, 0.2) is 0 Å². The molecule has 10 nitrogen and oxygen atoms in total. The van der Waals surface area contributed by atoms with Crippen LogP contribution in [0.3, 0.4) is 0 Å². The smallest absolute Gasteiger partial charge is 0.255 e. The lowest BCUT2D eigenvalue weighted by Gasteiger charge is -2.33. The molecule has 3 atom stereocenters. The summed E-state index contributed by atoms with van der Waals surface area (Å²) in [5, 5.41) is 8.87. The average molecular weight is 629 g/mol. The van der Waals surface area contributed by atoms with Crippen molar-refractivity contribution in [3.8, 4) is 5.75 Å². The quantitative estimate of drug-likeness (QED) is 0.342. The Kier molecular flexibility index (Phi) is 13.5. The average Bonchev–Trinajstić information content (AvgIpc) is 2.97. The molecule has 1 aliphatic rings. The zero-order valence-electron chi connectivity index (χ0n) is 26.2. The number of carbonyl (C=O) groups is 4. The predicted molar refractivity (Wildman–Crippen MR) is 169 cm³/mol. The summed E-state index contributed by atoms with van der Waals surface area (Å²) in [5.41, 5.74) is 1.05. The predicted octanol–water partition coefficient (Wildman–Crippen LogP) is 3.96. The maximum Gasteiger partial charge on any atom is 0.255 e. The monoisotopic (exact) mass is 628 g/mol. The highest BCUT2D eigenvalue weighted by atomic mass is 35.5. The Hall–Kier alpha value is -3.63. The molecule has 0 aliphatic carbocycles. The number of halogens is 1. The van der Waals surface area contributed by atoms with Crippen molar-refractivity contribution in [2.75, 3.05) is 26.8 Å². The fourth-order valence-corrected chi connectivity index (χ4v) is 5.21. The summed E-state index contributed by atoms with van der Waals surface area (Å²) in [5.74, 6) is -1.14. The summed E-state index contributed by atoms with van der Waals surface area (Å²) in [6, 6.07) is 11.7. The third-order valence-corrected chi connectivity index (χ3v) is 7.68. The first kappa shape index (κ1) is 34.9. The number of likely N-dealkylation sites (N-methyl/N-ethyl adjacent to an activating group) is 1. The van der Waals surface area contributed by atoms with Gasteiger partial charge in [0, 0.05) is 18.6 Å². The van der Waals surface area contributed by atoms with Gasteiger partial charge in [-0.15, -0.1) is 0 Å². The van der Waals surface area contributed by atoms with E-state index in [1.54, 1.807) is 42.3 Å². The van der Waals surface area contributed by atoms with Crippen LogP contribution in [-0.2, 0) is 25.7 Å². The summed E-state index contributed by atoms with van der Waals surface area (Å²) >= 11 is 6.17. The summed E-state index contributed by atoms with van der Waals surface area (Å²) in [6.45, 7) is 8.84. The number of hydrogen-bond acceptors (Lipinski definition) is 6. The van der Waals surface area contributed by atoms with Gasteiger partial charge in [-0.05, 0) is 48.4 Å². The Morgan fingerprint density at radius 3 is 2.41 bits per heavy atom. The van der Waals surface area contributed by atoms with Gasteiger partial charge in [0.05, 0.1) is 31.2 Å². The van der Waals surface area contributed by atoms with Crippen LogP contribution < -0.4 is 20.7 Å². The van der Waals surface area contributed by atoms with Crippen LogP contribution in [0.15, 0.2) is 48.5 Å². The fraction of sp³-hybridized carbons (Fsp3) is 0.515. The van der Waals surface area contributed by atoms with Crippen molar-refractivity contribution in [1.82, 2.24) is 20.9 Å². The van der Waals surface area contributed by atoms with E-state index in [1.807, 2.05) is 32.0 Å². The minimum atomic E-state index is -1.21. The summed E-state index contributed by atoms with van der Waals surface area (Å²) < 4.78 is 11.8. The highest BCUT2D eigenvalue weighted by molar-refractivity contribution is 6.31. The first-order valence-electron chi connectivity index (χ1n) is 15.1. The Morgan fingerprint density at radius 1 is 1.02 bits per heavy atom. The van der Waals surface area contributed by atoms with Crippen LogP contribution in [0.1, 0.15) is 62.9 Å². The zero-order valence-corrected chi connectivity index (χ0v) is 27.0. The number of ether oxygens (including phenoxy) is 2. The molecule has 0 fully saturated rings. The van der Waals surface area contributed by atoms with Gasteiger partial charge in [-0.25, -0.2) is 0 Å². The molecule has 4 amide bonds. The first-order chi connectivity index (χ1) is 21.0. The van der Waals surface area contributed by atoms with Crippen LogP contribution >= 0.6 is 11.6 Å². The standard InChI is InChI=1S/C33H45ClN4O6/c1-21(2)16-24-20-44-29-13-9-7-11-25(29)31(40)37-27(18-30(39)36-28(17-22(3)4)33(42)38(24)5)32(41)35-14-15-43-19-23-10-6-8-12-26(23)34/h6-13,21-22,24,27-28H,14-20H2,1-5H3,(H,35,41)(H,36,39)(H,37,40)/t24-,27+,28+/m1/s1. The number of hydrogen-bond donors (Lipinski definition) is 3. The molecule has 0 spiro atoms. The molecule has 2 aromatic carbocycles. The molecular formula is C33H45ClN4O6. The van der Waals surface area contributed by atoms with E-state index in [0.29, 0.717) is 23.6 Å². The van der Waals surface area contributed by atoms with Crippen LogP contribution in [-0.4, -0.2) is 73.5 Å². The van der Waals surface area contributed by atoms with Gasteiger partial charge in [0.25, 0.3) is 5.91 Å². The van der Waals surface area contributed by atoms with Crippen molar-refractivity contribution in [2.24, 2.45) is 11.8 Å². The normalized spacial score (nSPS) is 20.0. The van der Waals surface area contributed by atoms with E-state index < -0.39 is 29.8 Å². The first-order valence-corrected chi connectivity index (χ1v) is 15.5. The lowest BCUT2D eigenvalue weighted by molar-refractivity contribution is -0.138. The van der Waals surface area contributed by atoms with Crippen molar-refractivity contribution in [1.29, 1.82) is 0 Å². The lowest BCUT2D eigenvalue weighted by atomic mass is 9.99. The highest BCUT2D eigenvalue weighted by Gasteiger charge is 2.32. The van der Waals surface area contributed by atoms with Crippen molar-refractivity contribution in [3.63, 3.8) is 0 Å². The fourth-order valence-electron chi connectivity index (χ4n) is 5.02. The van der Waals surface area contributed by atoms with Crippen molar-refractivity contribution in [2.45, 2.75) is 71.7 Å². The molecule has 3 N–H and O–H groups in total. The third-order valence-electron chi connectivity index (χ3n) is 7.31. The number of rotatable bonds is 10. The molecule has 0 saturated carbocycles. The van der Waals surface area contributed by atoms with E-state index in [2.05, 4.69) is 29.8 Å². The van der Waals surface area contributed by atoms with Crippen LogP contribution in [0.4, 0.5) is 0 Å². The van der Waals surface area contributed by atoms with Gasteiger partial charge in [0.1, 0.15) is 24.4 Å². The van der Waals surface area contributed by atoms with Gasteiger partial charge in [-0.2, -0.15) is 0 Å². The van der Waals surface area contributed by atoms with Crippen LogP contribution in [0.2, 0.25) is 5.02 Å². The Bertz CT molecular complexity index is 1290. The van der Waals surface area contributed by atoms with Gasteiger partial charge >= 0.3 is 0 Å². The molecule has 0 unspecified atom stereocenters. The number of fused-ring (bicyclic) bond motifs is 1. The molecular weight excluding hydrogens is 584 g/mol. The number of benzene rings is 2. The zero-order chi connectivity index (χ0) is 32.2. The minimum Gasteiger partial charge on any atom is -0.491 e. The topological polar surface area (TPSA) is 126 Å². The van der Waals surface area contributed by atoms with E-state index in [4.69, 9.17) is 21.1 Å². The molecule has 1 heterocycles. The van der Waals surface area contributed by atoms with E-state index >= 15 is 0 Å². The van der Waals surface area contributed by atoms with Crippen LogP contribution in [0.5, 0.6) is 5.75 Å². The van der Waals surface area contributed by atoms with Gasteiger partial charge in [-0.3, -0.25) is 19.2 Å². The molecule has 11 heteroatoms. The van der Waals surface area contributed by atoms with Crippen molar-refractivity contribution in [3.05, 3.63) is 64.7 Å². The van der Waals surface area contributed by atoms with Crippen LogP contribution in [0, 0.1) is 11.8 Å². The Labute approximate surface area is 265 Å². The molecule has 1 aliphatic heterocycles. The van der Waals surface area contributed by atoms with Gasteiger partial charge in [0.2, 0.25) is 17.7 Å². The largest absolute Gasteiger partial charge is 0.491 e. The maximum atomic E-state index is 13.7.